The van der Waals surface area contributed by atoms with Gasteiger partial charge in [0, 0.05) is 38.2 Å². The lowest BCUT2D eigenvalue weighted by atomic mass is 10.1. The van der Waals surface area contributed by atoms with Crippen molar-refractivity contribution in [2.45, 2.75) is 39.3 Å². The van der Waals surface area contributed by atoms with Gasteiger partial charge in [-0.1, -0.05) is 0 Å². The molecule has 0 aliphatic rings. The molecule has 2 unspecified atom stereocenters. The summed E-state index contributed by atoms with van der Waals surface area (Å²) in [5.41, 5.74) is 2.01. The van der Waals surface area contributed by atoms with E-state index >= 15 is 0 Å². The Bertz CT molecular complexity index is 317. The monoisotopic (exact) mass is 223 g/mol. The third-order valence-corrected chi connectivity index (χ3v) is 2.62. The number of ether oxygens (including phenoxy) is 1. The van der Waals surface area contributed by atoms with Crippen LogP contribution in [0.15, 0.2) is 12.4 Å². The standard InChI is InChI=1S/C12H21N3O/c1-9(5-8-16-4)15-11(3)12-10(2)13-6-7-14-12/h6-7,9,11,15H,5,8H2,1-4H3. The second-order valence-corrected chi connectivity index (χ2v) is 4.10. The van der Waals surface area contributed by atoms with Gasteiger partial charge in [-0.2, -0.15) is 0 Å². The lowest BCUT2D eigenvalue weighted by molar-refractivity contribution is 0.183. The van der Waals surface area contributed by atoms with Crippen molar-refractivity contribution in [3.8, 4) is 0 Å². The average Bonchev–Trinajstić information content (AvgIpc) is 2.26. The van der Waals surface area contributed by atoms with E-state index in [9.17, 15) is 0 Å². The molecule has 1 aromatic rings. The maximum Gasteiger partial charge on any atom is 0.0782 e. The van der Waals surface area contributed by atoms with Crippen LogP contribution in [0.25, 0.3) is 0 Å². The van der Waals surface area contributed by atoms with Gasteiger partial charge in [-0.25, -0.2) is 0 Å². The van der Waals surface area contributed by atoms with Crippen molar-refractivity contribution in [1.82, 2.24) is 15.3 Å². The summed E-state index contributed by atoms with van der Waals surface area (Å²) in [4.78, 5) is 8.60. The van der Waals surface area contributed by atoms with Crippen LogP contribution in [0, 0.1) is 6.92 Å². The molecular formula is C12H21N3O. The first-order valence-electron chi connectivity index (χ1n) is 5.67. The van der Waals surface area contributed by atoms with Crippen molar-refractivity contribution < 1.29 is 4.74 Å². The van der Waals surface area contributed by atoms with Crippen LogP contribution in [0.3, 0.4) is 0 Å². The van der Waals surface area contributed by atoms with Gasteiger partial charge in [0.05, 0.1) is 11.4 Å². The third kappa shape index (κ3) is 3.87. The minimum Gasteiger partial charge on any atom is -0.385 e. The molecule has 4 nitrogen and oxygen atoms in total. The topological polar surface area (TPSA) is 47.0 Å². The summed E-state index contributed by atoms with van der Waals surface area (Å²) in [6, 6.07) is 0.636. The van der Waals surface area contributed by atoms with Gasteiger partial charge in [0.1, 0.15) is 0 Å². The Kier molecular flexibility index (Phi) is 5.35. The molecule has 0 aliphatic heterocycles. The van der Waals surface area contributed by atoms with Crippen LogP contribution < -0.4 is 5.32 Å². The van der Waals surface area contributed by atoms with Crippen molar-refractivity contribution in [1.29, 1.82) is 0 Å². The predicted octanol–water partition coefficient (Wildman–Crippen LogP) is 1.86. The zero-order chi connectivity index (χ0) is 12.0. The van der Waals surface area contributed by atoms with E-state index in [1.807, 2.05) is 6.92 Å². The molecule has 90 valence electrons. The molecule has 4 heteroatoms. The third-order valence-electron chi connectivity index (χ3n) is 2.62. The fourth-order valence-electron chi connectivity index (χ4n) is 1.73. The van der Waals surface area contributed by atoms with E-state index in [0.29, 0.717) is 6.04 Å². The fourth-order valence-corrected chi connectivity index (χ4v) is 1.73. The highest BCUT2D eigenvalue weighted by molar-refractivity contribution is 5.12. The Balaban J connectivity index is 2.52. The van der Waals surface area contributed by atoms with Crippen LogP contribution in [0.2, 0.25) is 0 Å². The first-order valence-corrected chi connectivity index (χ1v) is 5.67. The second-order valence-electron chi connectivity index (χ2n) is 4.10. The van der Waals surface area contributed by atoms with E-state index in [1.54, 1.807) is 19.5 Å². The Labute approximate surface area is 97.5 Å². The van der Waals surface area contributed by atoms with Crippen LogP contribution in [0.5, 0.6) is 0 Å². The van der Waals surface area contributed by atoms with Gasteiger partial charge >= 0.3 is 0 Å². The molecule has 0 amide bonds. The predicted molar refractivity (Wildman–Crippen MR) is 64.3 cm³/mol. The van der Waals surface area contributed by atoms with Gasteiger partial charge in [-0.05, 0) is 27.2 Å². The van der Waals surface area contributed by atoms with E-state index in [0.717, 1.165) is 24.4 Å². The smallest absolute Gasteiger partial charge is 0.0782 e. The van der Waals surface area contributed by atoms with Crippen LogP contribution in [-0.2, 0) is 4.74 Å². The first-order chi connectivity index (χ1) is 7.65. The molecule has 0 fully saturated rings. The number of rotatable bonds is 6. The summed E-state index contributed by atoms with van der Waals surface area (Å²) in [5.74, 6) is 0. The molecule has 0 spiro atoms. The highest BCUT2D eigenvalue weighted by atomic mass is 16.5. The number of aryl methyl sites for hydroxylation is 1. The van der Waals surface area contributed by atoms with Gasteiger partial charge in [0.25, 0.3) is 0 Å². The summed E-state index contributed by atoms with van der Waals surface area (Å²) in [6.45, 7) is 7.03. The summed E-state index contributed by atoms with van der Waals surface area (Å²) in [5, 5.41) is 3.49. The molecule has 0 radical (unpaired) electrons. The molecule has 16 heavy (non-hydrogen) atoms. The molecule has 1 rings (SSSR count). The molecule has 0 bridgehead atoms. The van der Waals surface area contributed by atoms with Gasteiger partial charge in [-0.15, -0.1) is 0 Å². The highest BCUT2D eigenvalue weighted by Gasteiger charge is 2.12. The van der Waals surface area contributed by atoms with Gasteiger partial charge in [0.2, 0.25) is 0 Å². The summed E-state index contributed by atoms with van der Waals surface area (Å²) >= 11 is 0. The SMILES string of the molecule is COCCC(C)NC(C)c1nccnc1C. The average molecular weight is 223 g/mol. The number of aromatic nitrogens is 2. The van der Waals surface area contributed by atoms with E-state index in [1.165, 1.54) is 0 Å². The Hall–Kier alpha value is -1.00. The van der Waals surface area contributed by atoms with Crippen LogP contribution in [-0.4, -0.2) is 29.7 Å². The van der Waals surface area contributed by atoms with Crippen molar-refractivity contribution >= 4 is 0 Å². The molecule has 1 heterocycles. The largest absolute Gasteiger partial charge is 0.385 e. The summed E-state index contributed by atoms with van der Waals surface area (Å²) in [7, 11) is 1.73. The molecule has 1 aromatic heterocycles. The number of methoxy groups -OCH3 is 1. The van der Waals surface area contributed by atoms with Crippen LogP contribution >= 0.6 is 0 Å². The Morgan fingerprint density at radius 2 is 2.00 bits per heavy atom. The maximum atomic E-state index is 5.06. The van der Waals surface area contributed by atoms with Crippen molar-refractivity contribution in [3.05, 3.63) is 23.8 Å². The summed E-state index contributed by atoms with van der Waals surface area (Å²) in [6.07, 6.45) is 4.46. The van der Waals surface area contributed by atoms with Crippen LogP contribution in [0.1, 0.15) is 37.7 Å². The number of hydrogen-bond donors (Lipinski definition) is 1. The van der Waals surface area contributed by atoms with Gasteiger partial charge in [-0.3, -0.25) is 9.97 Å². The van der Waals surface area contributed by atoms with Gasteiger partial charge < -0.3 is 10.1 Å². The second kappa shape index (κ2) is 6.55. The lowest BCUT2D eigenvalue weighted by Gasteiger charge is -2.20. The van der Waals surface area contributed by atoms with E-state index in [4.69, 9.17) is 4.74 Å². The minimum atomic E-state index is 0.223. The van der Waals surface area contributed by atoms with Crippen molar-refractivity contribution in [2.24, 2.45) is 0 Å². The normalized spacial score (nSPS) is 14.8. The lowest BCUT2D eigenvalue weighted by Crippen LogP contribution is -2.30. The number of hydrogen-bond acceptors (Lipinski definition) is 4. The quantitative estimate of drug-likeness (QED) is 0.799. The molecule has 0 aliphatic carbocycles. The first kappa shape index (κ1) is 13.1. The molecule has 1 N–H and O–H groups in total. The Morgan fingerprint density at radius 3 is 2.62 bits per heavy atom. The molecular weight excluding hydrogens is 202 g/mol. The Morgan fingerprint density at radius 1 is 1.31 bits per heavy atom. The maximum absolute atomic E-state index is 5.06. The zero-order valence-electron chi connectivity index (χ0n) is 10.5. The number of nitrogens with zero attached hydrogens (tertiary/aromatic N) is 2. The zero-order valence-corrected chi connectivity index (χ0v) is 10.5. The van der Waals surface area contributed by atoms with E-state index in [-0.39, 0.29) is 6.04 Å². The molecule has 0 saturated carbocycles. The van der Waals surface area contributed by atoms with Gasteiger partial charge in [0.15, 0.2) is 0 Å². The summed E-state index contributed by atoms with van der Waals surface area (Å²) < 4.78 is 5.06. The minimum absolute atomic E-state index is 0.223. The fraction of sp³-hybridized carbons (Fsp3) is 0.667. The molecule has 2 atom stereocenters. The van der Waals surface area contributed by atoms with Crippen molar-refractivity contribution in [3.63, 3.8) is 0 Å². The number of nitrogens with one attached hydrogen (secondary N) is 1. The van der Waals surface area contributed by atoms with Crippen molar-refractivity contribution in [2.75, 3.05) is 13.7 Å². The van der Waals surface area contributed by atoms with E-state index in [2.05, 4.69) is 29.1 Å². The van der Waals surface area contributed by atoms with E-state index < -0.39 is 0 Å². The van der Waals surface area contributed by atoms with Crippen LogP contribution in [0.4, 0.5) is 0 Å². The highest BCUT2D eigenvalue weighted by Crippen LogP contribution is 2.12. The molecule has 0 aromatic carbocycles. The molecule has 0 saturated heterocycles.